The molecule has 1 aliphatic rings. The van der Waals surface area contributed by atoms with Gasteiger partial charge in [0.05, 0.1) is 19.3 Å². The molecule has 37 heavy (non-hydrogen) atoms. The fourth-order valence-electron chi connectivity index (χ4n) is 3.90. The molecule has 0 aliphatic heterocycles. The van der Waals surface area contributed by atoms with Gasteiger partial charge in [0, 0.05) is 23.9 Å². The van der Waals surface area contributed by atoms with Crippen LogP contribution in [0.3, 0.4) is 0 Å². The predicted octanol–water partition coefficient (Wildman–Crippen LogP) is 4.54. The molecular weight excluding hydrogens is 491 g/mol. The van der Waals surface area contributed by atoms with Crippen molar-refractivity contribution in [2.75, 3.05) is 27.4 Å². The molecule has 2 aromatic heterocycles. The van der Waals surface area contributed by atoms with E-state index in [9.17, 15) is 18.0 Å². The average Bonchev–Trinajstić information content (AvgIpc) is 3.65. The Bertz CT molecular complexity index is 1240. The summed E-state index contributed by atoms with van der Waals surface area (Å²) >= 11 is 0. The van der Waals surface area contributed by atoms with Crippen molar-refractivity contribution in [2.24, 2.45) is 11.1 Å². The molecule has 1 saturated carbocycles. The number of halogens is 3. The number of esters is 1. The van der Waals surface area contributed by atoms with E-state index in [2.05, 4.69) is 9.89 Å². The Kier molecular flexibility index (Phi) is 8.32. The molecule has 1 aromatic carbocycles. The molecule has 1 atom stereocenters. The van der Waals surface area contributed by atoms with Gasteiger partial charge in [-0.05, 0) is 48.7 Å². The summed E-state index contributed by atoms with van der Waals surface area (Å²) < 4.78 is 54.6. The Morgan fingerprint density at radius 1 is 1.14 bits per heavy atom. The number of fused-ring (bicyclic) bond motifs is 1. The van der Waals surface area contributed by atoms with Crippen LogP contribution in [0.2, 0.25) is 0 Å². The summed E-state index contributed by atoms with van der Waals surface area (Å²) in [7, 11) is 2.64. The van der Waals surface area contributed by atoms with Crippen LogP contribution in [0, 0.1) is 5.92 Å². The third-order valence-corrected chi connectivity index (χ3v) is 5.89. The third-order valence-electron chi connectivity index (χ3n) is 5.89. The van der Waals surface area contributed by atoms with E-state index >= 15 is 0 Å². The second-order valence-electron chi connectivity index (χ2n) is 8.69. The summed E-state index contributed by atoms with van der Waals surface area (Å²) in [6.07, 6.45) is -1.83. The monoisotopic (exact) mass is 519 g/mol. The van der Waals surface area contributed by atoms with Crippen LogP contribution in [0.15, 0.2) is 53.8 Å². The smallest absolute Gasteiger partial charge is 0.411 e. The molecule has 0 N–H and O–H groups in total. The van der Waals surface area contributed by atoms with Gasteiger partial charge in [0.2, 0.25) is 0 Å². The van der Waals surface area contributed by atoms with Crippen molar-refractivity contribution < 1.29 is 37.0 Å². The van der Waals surface area contributed by atoms with Crippen LogP contribution in [-0.4, -0.2) is 60.9 Å². The number of methoxy groups -OCH3 is 1. The normalized spacial score (nSPS) is 15.0. The number of hydrogen-bond donors (Lipinski definition) is 0. The highest BCUT2D eigenvalue weighted by atomic mass is 19.4. The quantitative estimate of drug-likeness (QED) is 0.199. The van der Waals surface area contributed by atoms with Crippen molar-refractivity contribution in [2.45, 2.75) is 38.1 Å². The number of rotatable bonds is 12. The molecule has 198 valence electrons. The maximum Gasteiger partial charge on any atom is 0.411 e. The first-order valence-electron chi connectivity index (χ1n) is 11.8. The highest BCUT2D eigenvalue weighted by Gasteiger charge is 2.32. The number of alkyl halides is 3. The van der Waals surface area contributed by atoms with Crippen molar-refractivity contribution in [3.8, 4) is 5.75 Å². The highest BCUT2D eigenvalue weighted by Crippen LogP contribution is 2.33. The van der Waals surface area contributed by atoms with Crippen LogP contribution < -0.4 is 4.74 Å². The lowest BCUT2D eigenvalue weighted by molar-refractivity contribution is -0.193. The minimum atomic E-state index is -4.54. The molecule has 0 saturated heterocycles. The number of carbonyl (C=O) groups is 1. The topological polar surface area (TPSA) is 84.2 Å². The van der Waals surface area contributed by atoms with Crippen LogP contribution in [-0.2, 0) is 32.1 Å². The number of pyridine rings is 1. The maximum atomic E-state index is 12.5. The largest absolute Gasteiger partial charge is 0.492 e. The summed E-state index contributed by atoms with van der Waals surface area (Å²) in [5.41, 5.74) is 3.11. The molecular formula is C26H28F3N3O5. The van der Waals surface area contributed by atoms with Gasteiger partial charge in [-0.3, -0.25) is 0 Å². The zero-order valence-corrected chi connectivity index (χ0v) is 20.5. The third kappa shape index (κ3) is 7.22. The molecule has 0 bridgehead atoms. The van der Waals surface area contributed by atoms with Gasteiger partial charge in [0.1, 0.15) is 37.4 Å². The van der Waals surface area contributed by atoms with E-state index in [0.717, 1.165) is 42.4 Å². The van der Waals surface area contributed by atoms with Crippen LogP contribution in [0.5, 0.6) is 5.75 Å². The van der Waals surface area contributed by atoms with Crippen LogP contribution in [0.1, 0.15) is 24.1 Å². The van der Waals surface area contributed by atoms with E-state index in [0.29, 0.717) is 30.4 Å². The fourth-order valence-corrected chi connectivity index (χ4v) is 3.90. The van der Waals surface area contributed by atoms with Crippen molar-refractivity contribution in [3.63, 3.8) is 0 Å². The molecule has 0 radical (unpaired) electrons. The lowest BCUT2D eigenvalue weighted by atomic mass is 10.1. The van der Waals surface area contributed by atoms with E-state index in [1.807, 2.05) is 29.0 Å². The van der Waals surface area contributed by atoms with Gasteiger partial charge in [0.25, 0.3) is 0 Å². The molecule has 1 unspecified atom stereocenters. The summed E-state index contributed by atoms with van der Waals surface area (Å²) in [6, 6.07) is 12.7. The Morgan fingerprint density at radius 3 is 2.54 bits per heavy atom. The van der Waals surface area contributed by atoms with Crippen molar-refractivity contribution in [1.29, 1.82) is 0 Å². The summed E-state index contributed by atoms with van der Waals surface area (Å²) in [6.45, 7) is -0.604. The van der Waals surface area contributed by atoms with Gasteiger partial charge < -0.3 is 23.6 Å². The number of benzene rings is 1. The molecule has 4 rings (SSSR count). The minimum absolute atomic E-state index is 0.0540. The predicted molar refractivity (Wildman–Crippen MR) is 129 cm³/mol. The van der Waals surface area contributed by atoms with Crippen molar-refractivity contribution in [3.05, 3.63) is 59.9 Å². The van der Waals surface area contributed by atoms with Crippen LogP contribution in [0.25, 0.3) is 11.0 Å². The molecule has 8 nitrogen and oxygen atoms in total. The van der Waals surface area contributed by atoms with Crippen LogP contribution in [0.4, 0.5) is 13.2 Å². The summed E-state index contributed by atoms with van der Waals surface area (Å²) in [5.74, 6) is 0.111. The van der Waals surface area contributed by atoms with Gasteiger partial charge in [0.15, 0.2) is 6.10 Å². The molecule has 3 aromatic rings. The molecule has 1 aliphatic carbocycles. The Balaban J connectivity index is 1.35. The first kappa shape index (κ1) is 26.5. The van der Waals surface area contributed by atoms with Gasteiger partial charge in [-0.25, -0.2) is 9.78 Å². The fraction of sp³-hybridized carbons (Fsp3) is 0.423. The second kappa shape index (κ2) is 11.6. The molecule has 1 fully saturated rings. The van der Waals surface area contributed by atoms with Gasteiger partial charge in [-0.15, -0.1) is 0 Å². The first-order chi connectivity index (χ1) is 17.8. The molecule has 0 amide bonds. The van der Waals surface area contributed by atoms with E-state index < -0.39 is 24.9 Å². The lowest BCUT2D eigenvalue weighted by Gasteiger charge is -2.17. The zero-order chi connectivity index (χ0) is 26.4. The van der Waals surface area contributed by atoms with Crippen molar-refractivity contribution >= 4 is 22.7 Å². The number of carbonyl (C=O) groups excluding carboxylic acids is 1. The van der Waals surface area contributed by atoms with Crippen LogP contribution >= 0.6 is 0 Å². The number of oxime groups is 1. The Morgan fingerprint density at radius 2 is 1.89 bits per heavy atom. The molecule has 0 spiro atoms. The maximum absolute atomic E-state index is 12.5. The van der Waals surface area contributed by atoms with Gasteiger partial charge in [-0.2, -0.15) is 13.2 Å². The zero-order valence-electron chi connectivity index (χ0n) is 20.5. The van der Waals surface area contributed by atoms with E-state index in [1.165, 1.54) is 7.11 Å². The number of aromatic nitrogens is 2. The lowest BCUT2D eigenvalue weighted by Crippen LogP contribution is -2.32. The summed E-state index contributed by atoms with van der Waals surface area (Å²) in [5, 5.41) is 5.18. The highest BCUT2D eigenvalue weighted by molar-refractivity contribution is 6.03. The number of hydrogen-bond acceptors (Lipinski definition) is 7. The van der Waals surface area contributed by atoms with Crippen molar-refractivity contribution in [1.82, 2.24) is 9.55 Å². The van der Waals surface area contributed by atoms with E-state index in [4.69, 9.17) is 19.3 Å². The van der Waals surface area contributed by atoms with Gasteiger partial charge in [-0.1, -0.05) is 17.3 Å². The second-order valence-corrected chi connectivity index (χ2v) is 8.69. The number of nitrogens with zero attached hydrogens (tertiary/aromatic N) is 3. The summed E-state index contributed by atoms with van der Waals surface area (Å²) in [4.78, 5) is 21.6. The minimum Gasteiger partial charge on any atom is -0.492 e. The standard InChI is InChI=1S/C26H28F3N3O5/c1-34-25(33)22(37-16-26(27,28)29)15-17-3-8-20(9-4-17)36-14-13-32-12-11-19-7-10-21(30-24(19)32)23(31-35-2)18-5-6-18/h3-4,7-12,18,22H,5-6,13-16H2,1-2H3/b31-23+. The molecule has 11 heteroatoms. The average molecular weight is 520 g/mol. The first-order valence-corrected chi connectivity index (χ1v) is 11.8. The Hall–Kier alpha value is -3.60. The number of ether oxygens (including phenoxy) is 3. The molecule has 2 heterocycles. The Labute approximate surface area is 212 Å². The van der Waals surface area contributed by atoms with Gasteiger partial charge >= 0.3 is 12.1 Å². The van der Waals surface area contributed by atoms with E-state index in [-0.39, 0.29) is 6.42 Å². The van der Waals surface area contributed by atoms with E-state index in [1.54, 1.807) is 24.3 Å². The SMILES string of the molecule is CO/N=C(/c1ccc2ccn(CCOc3ccc(CC(OCC(F)(F)F)C(=O)OC)cc3)c2n1)C1CC1.